The van der Waals surface area contributed by atoms with Gasteiger partial charge in [-0.05, 0) is 37.9 Å². The van der Waals surface area contributed by atoms with Gasteiger partial charge in [0.15, 0.2) is 0 Å². The van der Waals surface area contributed by atoms with Gasteiger partial charge in [0.1, 0.15) is 0 Å². The lowest BCUT2D eigenvalue weighted by Gasteiger charge is -2.26. The van der Waals surface area contributed by atoms with Crippen molar-refractivity contribution >= 4 is 23.4 Å². The first-order valence-corrected chi connectivity index (χ1v) is 8.96. The normalized spacial score (nSPS) is 15.7. The number of hydrogen-bond donors (Lipinski definition) is 2. The minimum Gasteiger partial charge on any atom is -0.379 e. The van der Waals surface area contributed by atoms with Gasteiger partial charge in [-0.2, -0.15) is 0 Å². The third-order valence-electron chi connectivity index (χ3n) is 3.60. The molecule has 2 rings (SSSR count). The van der Waals surface area contributed by atoms with Crippen molar-refractivity contribution < 1.29 is 9.53 Å². The molecule has 0 atom stereocenters. The number of carbonyl (C=O) groups excluding carboxylic acids is 1. The van der Waals surface area contributed by atoms with Gasteiger partial charge >= 0.3 is 0 Å². The van der Waals surface area contributed by atoms with Crippen LogP contribution in [0.4, 0.5) is 5.69 Å². The molecule has 1 aromatic carbocycles. The van der Waals surface area contributed by atoms with Gasteiger partial charge in [-0.15, -0.1) is 11.8 Å². The first-order chi connectivity index (χ1) is 10.8. The predicted molar refractivity (Wildman–Crippen MR) is 91.6 cm³/mol. The summed E-state index contributed by atoms with van der Waals surface area (Å²) in [6.45, 7) is 5.99. The standard InChI is InChI=1S/C16H25N3O2S/c1-22-15-6-3-2-5-14(15)18-16(20)13-17-7-4-8-19-9-11-21-12-10-19/h2-3,5-6,17H,4,7-13H2,1H3,(H,18,20). The molecule has 0 aliphatic carbocycles. The summed E-state index contributed by atoms with van der Waals surface area (Å²) in [6.07, 6.45) is 3.06. The largest absolute Gasteiger partial charge is 0.379 e. The number of carbonyl (C=O) groups is 1. The van der Waals surface area contributed by atoms with Gasteiger partial charge in [-0.25, -0.2) is 0 Å². The van der Waals surface area contributed by atoms with Crippen LogP contribution in [0.15, 0.2) is 29.2 Å². The molecule has 0 bridgehead atoms. The molecule has 1 aliphatic rings. The number of nitrogens with one attached hydrogen (secondary N) is 2. The zero-order chi connectivity index (χ0) is 15.6. The summed E-state index contributed by atoms with van der Waals surface area (Å²) in [7, 11) is 0. The first kappa shape index (κ1) is 17.3. The molecule has 0 unspecified atom stereocenters. The molecule has 1 amide bonds. The van der Waals surface area contributed by atoms with Crippen molar-refractivity contribution in [3.8, 4) is 0 Å². The SMILES string of the molecule is CSc1ccccc1NC(=O)CNCCCN1CCOCC1. The number of ether oxygens (including phenoxy) is 1. The lowest BCUT2D eigenvalue weighted by molar-refractivity contribution is -0.115. The number of hydrogen-bond acceptors (Lipinski definition) is 5. The van der Waals surface area contributed by atoms with Crippen LogP contribution in [0, 0.1) is 0 Å². The number of thioether (sulfide) groups is 1. The average molecular weight is 323 g/mol. The van der Waals surface area contributed by atoms with Crippen LogP contribution in [0.2, 0.25) is 0 Å². The summed E-state index contributed by atoms with van der Waals surface area (Å²) in [5.74, 6) is 0.00729. The summed E-state index contributed by atoms with van der Waals surface area (Å²) in [5.41, 5.74) is 0.884. The Hall–Kier alpha value is -1.08. The molecule has 0 aromatic heterocycles. The van der Waals surface area contributed by atoms with Gasteiger partial charge < -0.3 is 15.4 Å². The molecule has 1 aromatic rings. The van der Waals surface area contributed by atoms with Crippen molar-refractivity contribution in [1.29, 1.82) is 0 Å². The van der Waals surface area contributed by atoms with E-state index in [-0.39, 0.29) is 5.91 Å². The predicted octanol–water partition coefficient (Wildman–Crippen LogP) is 1.66. The zero-order valence-corrected chi connectivity index (χ0v) is 14.0. The Balaban J connectivity index is 1.59. The second kappa shape index (κ2) is 9.84. The van der Waals surface area contributed by atoms with E-state index in [1.54, 1.807) is 11.8 Å². The summed E-state index contributed by atoms with van der Waals surface area (Å²) in [4.78, 5) is 15.4. The highest BCUT2D eigenvalue weighted by Gasteiger charge is 2.09. The van der Waals surface area contributed by atoms with Crippen LogP contribution in [0.5, 0.6) is 0 Å². The van der Waals surface area contributed by atoms with E-state index >= 15 is 0 Å². The minimum atomic E-state index is 0.00729. The second-order valence-electron chi connectivity index (χ2n) is 5.23. The van der Waals surface area contributed by atoms with Crippen molar-refractivity contribution in [2.75, 3.05) is 57.5 Å². The maximum atomic E-state index is 11.9. The maximum Gasteiger partial charge on any atom is 0.238 e. The number of anilines is 1. The van der Waals surface area contributed by atoms with Crippen molar-refractivity contribution in [2.45, 2.75) is 11.3 Å². The molecule has 2 N–H and O–H groups in total. The molecule has 1 aliphatic heterocycles. The van der Waals surface area contributed by atoms with Crippen molar-refractivity contribution in [1.82, 2.24) is 10.2 Å². The molecule has 0 radical (unpaired) electrons. The van der Waals surface area contributed by atoms with E-state index in [1.165, 1.54) is 0 Å². The molecular formula is C16H25N3O2S. The van der Waals surface area contributed by atoms with Crippen molar-refractivity contribution in [3.05, 3.63) is 24.3 Å². The van der Waals surface area contributed by atoms with Crippen LogP contribution in [-0.4, -0.2) is 63.0 Å². The van der Waals surface area contributed by atoms with Crippen LogP contribution in [0.3, 0.4) is 0 Å². The van der Waals surface area contributed by atoms with E-state index < -0.39 is 0 Å². The van der Waals surface area contributed by atoms with E-state index in [4.69, 9.17) is 4.74 Å². The monoisotopic (exact) mass is 323 g/mol. The molecule has 22 heavy (non-hydrogen) atoms. The zero-order valence-electron chi connectivity index (χ0n) is 13.1. The van der Waals surface area contributed by atoms with Gasteiger partial charge in [0, 0.05) is 18.0 Å². The number of amides is 1. The van der Waals surface area contributed by atoms with Crippen LogP contribution in [0.1, 0.15) is 6.42 Å². The fraction of sp³-hybridized carbons (Fsp3) is 0.562. The summed E-state index contributed by atoms with van der Waals surface area (Å²) >= 11 is 1.63. The van der Waals surface area contributed by atoms with Gasteiger partial charge in [0.2, 0.25) is 5.91 Å². The molecule has 1 saturated heterocycles. The number of para-hydroxylation sites is 1. The van der Waals surface area contributed by atoms with Crippen molar-refractivity contribution in [3.63, 3.8) is 0 Å². The fourth-order valence-corrected chi connectivity index (χ4v) is 2.95. The first-order valence-electron chi connectivity index (χ1n) is 7.73. The molecule has 6 heteroatoms. The quantitative estimate of drug-likeness (QED) is 0.563. The molecule has 122 valence electrons. The molecule has 1 heterocycles. The van der Waals surface area contributed by atoms with E-state index in [0.29, 0.717) is 6.54 Å². The highest BCUT2D eigenvalue weighted by Crippen LogP contribution is 2.24. The lowest BCUT2D eigenvalue weighted by Crippen LogP contribution is -2.38. The lowest BCUT2D eigenvalue weighted by atomic mass is 10.3. The number of rotatable bonds is 8. The fourth-order valence-electron chi connectivity index (χ4n) is 2.40. The average Bonchev–Trinajstić information content (AvgIpc) is 2.56. The number of benzene rings is 1. The van der Waals surface area contributed by atoms with E-state index in [9.17, 15) is 4.79 Å². The highest BCUT2D eigenvalue weighted by atomic mass is 32.2. The number of nitrogens with zero attached hydrogens (tertiary/aromatic N) is 1. The van der Waals surface area contributed by atoms with Crippen LogP contribution < -0.4 is 10.6 Å². The maximum absolute atomic E-state index is 11.9. The molecular weight excluding hydrogens is 298 g/mol. The van der Waals surface area contributed by atoms with Crippen molar-refractivity contribution in [2.24, 2.45) is 0 Å². The topological polar surface area (TPSA) is 53.6 Å². The van der Waals surface area contributed by atoms with Gasteiger partial charge in [-0.1, -0.05) is 12.1 Å². The summed E-state index contributed by atoms with van der Waals surface area (Å²) < 4.78 is 5.32. The third-order valence-corrected chi connectivity index (χ3v) is 4.39. The Labute approximate surface area is 136 Å². The van der Waals surface area contributed by atoms with Crippen LogP contribution in [-0.2, 0) is 9.53 Å². The Kier molecular flexibility index (Phi) is 7.73. The van der Waals surface area contributed by atoms with E-state index in [1.807, 2.05) is 30.5 Å². The Morgan fingerprint density at radius 1 is 1.32 bits per heavy atom. The van der Waals surface area contributed by atoms with E-state index in [0.717, 1.165) is 56.4 Å². The minimum absolute atomic E-state index is 0.00729. The Bertz CT molecular complexity index is 464. The molecule has 0 spiro atoms. The summed E-state index contributed by atoms with van der Waals surface area (Å²) in [5, 5.41) is 6.16. The van der Waals surface area contributed by atoms with Gasteiger partial charge in [0.05, 0.1) is 25.4 Å². The molecule has 0 saturated carbocycles. The Morgan fingerprint density at radius 3 is 2.86 bits per heavy atom. The van der Waals surface area contributed by atoms with Gasteiger partial charge in [0.25, 0.3) is 0 Å². The molecule has 1 fully saturated rings. The Morgan fingerprint density at radius 2 is 2.09 bits per heavy atom. The van der Waals surface area contributed by atoms with Gasteiger partial charge in [-0.3, -0.25) is 9.69 Å². The number of morpholine rings is 1. The van der Waals surface area contributed by atoms with E-state index in [2.05, 4.69) is 15.5 Å². The molecule has 5 nitrogen and oxygen atoms in total. The highest BCUT2D eigenvalue weighted by molar-refractivity contribution is 7.98. The third kappa shape index (κ3) is 5.96. The van der Waals surface area contributed by atoms with Crippen LogP contribution >= 0.6 is 11.8 Å². The summed E-state index contributed by atoms with van der Waals surface area (Å²) in [6, 6.07) is 7.86. The smallest absolute Gasteiger partial charge is 0.238 e. The van der Waals surface area contributed by atoms with Crippen LogP contribution in [0.25, 0.3) is 0 Å². The second-order valence-corrected chi connectivity index (χ2v) is 6.08.